The summed E-state index contributed by atoms with van der Waals surface area (Å²) in [6, 6.07) is 17.6. The van der Waals surface area contributed by atoms with Crippen LogP contribution in [0.4, 0.5) is 17.1 Å². The number of anilines is 3. The van der Waals surface area contributed by atoms with Crippen molar-refractivity contribution in [2.75, 3.05) is 10.6 Å². The van der Waals surface area contributed by atoms with Crippen molar-refractivity contribution in [2.45, 2.75) is 20.8 Å². The van der Waals surface area contributed by atoms with Crippen molar-refractivity contribution in [3.8, 4) is 0 Å². The zero-order valence-electron chi connectivity index (χ0n) is 14.6. The highest BCUT2D eigenvalue weighted by molar-refractivity contribution is 6.03. The first-order chi connectivity index (χ1) is 12.0. The van der Waals surface area contributed by atoms with E-state index in [-0.39, 0.29) is 5.91 Å². The number of nitrogens with one attached hydrogen (secondary N) is 2. The molecular formula is C21H21N3O. The van der Waals surface area contributed by atoms with Crippen LogP contribution in [-0.2, 0) is 0 Å². The molecule has 0 saturated carbocycles. The number of rotatable bonds is 4. The molecule has 0 bridgehead atoms. The molecule has 3 rings (SSSR count). The monoisotopic (exact) mass is 331 g/mol. The van der Waals surface area contributed by atoms with Gasteiger partial charge in [0.2, 0.25) is 0 Å². The first-order valence-electron chi connectivity index (χ1n) is 8.19. The average molecular weight is 331 g/mol. The summed E-state index contributed by atoms with van der Waals surface area (Å²) in [6.45, 7) is 6.06. The molecule has 0 fully saturated rings. The highest BCUT2D eigenvalue weighted by atomic mass is 16.1. The lowest BCUT2D eigenvalue weighted by Crippen LogP contribution is -2.13. The molecule has 0 aliphatic heterocycles. The molecule has 1 amide bonds. The van der Waals surface area contributed by atoms with E-state index in [1.807, 2.05) is 63.2 Å². The number of hydrogen-bond donors (Lipinski definition) is 2. The van der Waals surface area contributed by atoms with E-state index in [0.29, 0.717) is 5.69 Å². The number of para-hydroxylation sites is 1. The number of aromatic nitrogens is 1. The summed E-state index contributed by atoms with van der Waals surface area (Å²) in [5.74, 6) is -0.215. The van der Waals surface area contributed by atoms with Crippen molar-refractivity contribution >= 4 is 23.0 Å². The third-order valence-electron chi connectivity index (χ3n) is 3.90. The van der Waals surface area contributed by atoms with Gasteiger partial charge in [0.25, 0.3) is 5.91 Å². The Morgan fingerprint density at radius 1 is 0.880 bits per heavy atom. The Labute approximate surface area is 147 Å². The topological polar surface area (TPSA) is 54.0 Å². The molecular weight excluding hydrogens is 310 g/mol. The van der Waals surface area contributed by atoms with Crippen LogP contribution in [-0.4, -0.2) is 10.9 Å². The highest BCUT2D eigenvalue weighted by Gasteiger charge is 2.08. The van der Waals surface area contributed by atoms with E-state index in [4.69, 9.17) is 0 Å². The second-order valence-corrected chi connectivity index (χ2v) is 6.20. The Morgan fingerprint density at radius 2 is 1.60 bits per heavy atom. The van der Waals surface area contributed by atoms with Crippen molar-refractivity contribution in [2.24, 2.45) is 0 Å². The van der Waals surface area contributed by atoms with Gasteiger partial charge in [-0.05, 0) is 67.8 Å². The van der Waals surface area contributed by atoms with Gasteiger partial charge in [-0.25, -0.2) is 4.98 Å². The summed E-state index contributed by atoms with van der Waals surface area (Å²) in [4.78, 5) is 16.6. The van der Waals surface area contributed by atoms with Crippen LogP contribution in [0, 0.1) is 20.8 Å². The maximum atomic E-state index is 12.4. The quantitative estimate of drug-likeness (QED) is 0.707. The van der Waals surface area contributed by atoms with E-state index < -0.39 is 0 Å². The maximum Gasteiger partial charge on any atom is 0.274 e. The van der Waals surface area contributed by atoms with Gasteiger partial charge in [-0.2, -0.15) is 0 Å². The highest BCUT2D eigenvalue weighted by Crippen LogP contribution is 2.20. The first-order valence-corrected chi connectivity index (χ1v) is 8.19. The van der Waals surface area contributed by atoms with Gasteiger partial charge in [0.05, 0.1) is 11.9 Å². The van der Waals surface area contributed by atoms with E-state index in [1.54, 1.807) is 12.3 Å². The van der Waals surface area contributed by atoms with Gasteiger partial charge in [-0.3, -0.25) is 4.79 Å². The van der Waals surface area contributed by atoms with Gasteiger partial charge < -0.3 is 10.6 Å². The Morgan fingerprint density at radius 3 is 2.24 bits per heavy atom. The minimum Gasteiger partial charge on any atom is -0.354 e. The SMILES string of the molecule is Cc1cc(C)cc(NC(=O)c2ccc(Nc3ccccc3C)cn2)c1. The minimum atomic E-state index is -0.215. The molecule has 2 aromatic carbocycles. The lowest BCUT2D eigenvalue weighted by Gasteiger charge is -2.10. The maximum absolute atomic E-state index is 12.4. The molecule has 0 atom stereocenters. The van der Waals surface area contributed by atoms with E-state index >= 15 is 0 Å². The Balaban J connectivity index is 1.71. The average Bonchev–Trinajstić information content (AvgIpc) is 2.56. The van der Waals surface area contributed by atoms with Gasteiger partial charge in [0.15, 0.2) is 0 Å². The lowest BCUT2D eigenvalue weighted by atomic mass is 10.1. The molecule has 1 aromatic heterocycles. The number of benzene rings is 2. The standard InChI is InChI=1S/C21H21N3O/c1-14-10-15(2)12-18(11-14)24-21(25)20-9-8-17(13-22-20)23-19-7-5-4-6-16(19)3/h4-13,23H,1-3H3,(H,24,25). The van der Waals surface area contributed by atoms with Gasteiger partial charge >= 0.3 is 0 Å². The van der Waals surface area contributed by atoms with Gasteiger partial charge in [0.1, 0.15) is 5.69 Å². The summed E-state index contributed by atoms with van der Waals surface area (Å²) in [7, 11) is 0. The van der Waals surface area contributed by atoms with Crippen LogP contribution in [0.2, 0.25) is 0 Å². The summed E-state index contributed by atoms with van der Waals surface area (Å²) in [6.07, 6.45) is 1.67. The Bertz CT molecular complexity index is 881. The predicted octanol–water partition coefficient (Wildman–Crippen LogP) is 5.00. The zero-order valence-corrected chi connectivity index (χ0v) is 14.6. The van der Waals surface area contributed by atoms with Gasteiger partial charge in [0, 0.05) is 11.4 Å². The molecule has 4 heteroatoms. The van der Waals surface area contributed by atoms with Gasteiger partial charge in [-0.1, -0.05) is 24.3 Å². The molecule has 4 nitrogen and oxygen atoms in total. The number of hydrogen-bond acceptors (Lipinski definition) is 3. The fourth-order valence-corrected chi connectivity index (χ4v) is 2.71. The lowest BCUT2D eigenvalue weighted by molar-refractivity contribution is 0.102. The van der Waals surface area contributed by atoms with Crippen molar-refractivity contribution in [3.63, 3.8) is 0 Å². The molecule has 3 aromatic rings. The molecule has 0 unspecified atom stereocenters. The van der Waals surface area contributed by atoms with Crippen molar-refractivity contribution in [3.05, 3.63) is 83.2 Å². The van der Waals surface area contributed by atoms with Crippen molar-refractivity contribution in [1.82, 2.24) is 4.98 Å². The third-order valence-corrected chi connectivity index (χ3v) is 3.90. The van der Waals surface area contributed by atoms with E-state index in [1.165, 1.54) is 0 Å². The number of aryl methyl sites for hydroxylation is 3. The van der Waals surface area contributed by atoms with Crippen LogP contribution >= 0.6 is 0 Å². The van der Waals surface area contributed by atoms with Crippen LogP contribution in [0.25, 0.3) is 0 Å². The van der Waals surface area contributed by atoms with Crippen LogP contribution in [0.1, 0.15) is 27.2 Å². The van der Waals surface area contributed by atoms with Crippen LogP contribution in [0.15, 0.2) is 60.8 Å². The third kappa shape index (κ3) is 4.23. The van der Waals surface area contributed by atoms with Crippen molar-refractivity contribution in [1.29, 1.82) is 0 Å². The Hall–Kier alpha value is -3.14. The zero-order chi connectivity index (χ0) is 17.8. The second-order valence-electron chi connectivity index (χ2n) is 6.20. The first kappa shape index (κ1) is 16.7. The molecule has 1 heterocycles. The normalized spacial score (nSPS) is 10.4. The van der Waals surface area contributed by atoms with Crippen LogP contribution < -0.4 is 10.6 Å². The number of amides is 1. The molecule has 25 heavy (non-hydrogen) atoms. The molecule has 2 N–H and O–H groups in total. The summed E-state index contributed by atoms with van der Waals surface area (Å²) >= 11 is 0. The number of carbonyl (C=O) groups is 1. The second kappa shape index (κ2) is 7.18. The van der Waals surface area contributed by atoms with Gasteiger partial charge in [-0.15, -0.1) is 0 Å². The molecule has 0 aliphatic carbocycles. The van der Waals surface area contributed by atoms with E-state index in [0.717, 1.165) is 33.8 Å². The fourth-order valence-electron chi connectivity index (χ4n) is 2.71. The number of nitrogens with zero attached hydrogens (tertiary/aromatic N) is 1. The summed E-state index contributed by atoms with van der Waals surface area (Å²) in [5, 5.41) is 6.21. The number of pyridine rings is 1. The predicted molar refractivity (Wildman–Crippen MR) is 103 cm³/mol. The van der Waals surface area contributed by atoms with E-state index in [9.17, 15) is 4.79 Å². The molecule has 0 spiro atoms. The molecule has 0 aliphatic rings. The number of carbonyl (C=O) groups excluding carboxylic acids is 1. The largest absolute Gasteiger partial charge is 0.354 e. The molecule has 126 valence electrons. The van der Waals surface area contributed by atoms with Crippen LogP contribution in [0.5, 0.6) is 0 Å². The summed E-state index contributed by atoms with van der Waals surface area (Å²) < 4.78 is 0. The smallest absolute Gasteiger partial charge is 0.274 e. The fraction of sp³-hybridized carbons (Fsp3) is 0.143. The van der Waals surface area contributed by atoms with E-state index in [2.05, 4.69) is 21.7 Å². The molecule has 0 saturated heterocycles. The minimum absolute atomic E-state index is 0.215. The molecule has 0 radical (unpaired) electrons. The summed E-state index contributed by atoms with van der Waals surface area (Å²) in [5.41, 5.74) is 6.41. The van der Waals surface area contributed by atoms with Crippen LogP contribution in [0.3, 0.4) is 0 Å². The van der Waals surface area contributed by atoms with Crippen molar-refractivity contribution < 1.29 is 4.79 Å². The Kier molecular flexibility index (Phi) is 4.80.